The van der Waals surface area contributed by atoms with E-state index in [0.29, 0.717) is 0 Å². The van der Waals surface area contributed by atoms with Gasteiger partial charge in [0.2, 0.25) is 0 Å². The fourth-order valence-corrected chi connectivity index (χ4v) is 6.74. The Hall–Kier alpha value is -1.26. The van der Waals surface area contributed by atoms with Crippen molar-refractivity contribution < 1.29 is 19.7 Å². The molecule has 1 aromatic rings. The quantitative estimate of drug-likeness (QED) is 0.651. The Balaban J connectivity index is 2.84. The molecule has 1 fully saturated rings. The molecule has 0 bridgehead atoms. The molecule has 142 valence electrons. The number of aliphatic hydroxyl groups excluding tert-OH is 2. The summed E-state index contributed by atoms with van der Waals surface area (Å²) in [6, 6.07) is 1.52. The van der Waals surface area contributed by atoms with Crippen LogP contribution in [0.15, 0.2) is 17.1 Å². The van der Waals surface area contributed by atoms with Crippen LogP contribution in [0, 0.1) is 0 Å². The molecule has 1 aliphatic rings. The lowest BCUT2D eigenvalue weighted by Crippen LogP contribution is -2.68. The summed E-state index contributed by atoms with van der Waals surface area (Å²) >= 11 is 0. The molecule has 0 unspecified atom stereocenters. The maximum atomic E-state index is 12.7. The summed E-state index contributed by atoms with van der Waals surface area (Å²) in [4.78, 5) is 16.5. The Bertz CT molecular complexity index is 687. The van der Waals surface area contributed by atoms with Crippen molar-refractivity contribution in [1.82, 2.24) is 9.55 Å². The summed E-state index contributed by atoms with van der Waals surface area (Å²) in [5, 5.41) is 18.9. The number of ether oxygens (including phenoxy) is 2. The predicted molar refractivity (Wildman–Crippen MR) is 96.8 cm³/mol. The third kappa shape index (κ3) is 2.83. The Morgan fingerprint density at radius 3 is 2.52 bits per heavy atom. The highest BCUT2D eigenvalue weighted by atomic mass is 28.3. The SMILES string of the molecule is CO[C@@H]1[C@H](O)[C@@H](CO)O[C@]1(n1ccc(N)nc1=O)[Si](C)(C)C(C)(C)C. The van der Waals surface area contributed by atoms with E-state index in [-0.39, 0.29) is 17.5 Å². The van der Waals surface area contributed by atoms with Crippen LogP contribution in [0.4, 0.5) is 5.82 Å². The van der Waals surface area contributed by atoms with Gasteiger partial charge in [0.25, 0.3) is 0 Å². The molecule has 2 heterocycles. The van der Waals surface area contributed by atoms with Crippen LogP contribution in [0.25, 0.3) is 0 Å². The summed E-state index contributed by atoms with van der Waals surface area (Å²) in [7, 11) is -1.06. The fraction of sp³-hybridized carbons (Fsp3) is 0.750. The highest BCUT2D eigenvalue weighted by molar-refractivity contribution is 6.82. The number of nitrogens with zero attached hydrogens (tertiary/aromatic N) is 2. The number of aliphatic hydroxyl groups is 2. The van der Waals surface area contributed by atoms with E-state index in [0.717, 1.165) is 0 Å². The largest absolute Gasteiger partial charge is 0.394 e. The number of aromatic nitrogens is 2. The molecule has 1 aliphatic heterocycles. The molecule has 0 aromatic carbocycles. The summed E-state index contributed by atoms with van der Waals surface area (Å²) in [5.41, 5.74) is 5.07. The van der Waals surface area contributed by atoms with E-state index in [9.17, 15) is 15.0 Å². The van der Waals surface area contributed by atoms with E-state index in [1.807, 2.05) is 0 Å². The second-order valence-corrected chi connectivity index (χ2v) is 13.5. The highest BCUT2D eigenvalue weighted by Crippen LogP contribution is 2.52. The molecule has 1 saturated heterocycles. The number of hydrogen-bond donors (Lipinski definition) is 3. The van der Waals surface area contributed by atoms with E-state index < -0.39 is 37.4 Å². The molecule has 25 heavy (non-hydrogen) atoms. The van der Waals surface area contributed by atoms with Gasteiger partial charge >= 0.3 is 5.69 Å². The molecule has 0 amide bonds. The van der Waals surface area contributed by atoms with Crippen molar-refractivity contribution in [2.24, 2.45) is 0 Å². The van der Waals surface area contributed by atoms with Gasteiger partial charge in [-0.1, -0.05) is 33.9 Å². The van der Waals surface area contributed by atoms with Gasteiger partial charge in [0.1, 0.15) is 32.2 Å². The normalized spacial score (nSPS) is 30.6. The Morgan fingerprint density at radius 2 is 2.08 bits per heavy atom. The van der Waals surface area contributed by atoms with Crippen molar-refractivity contribution in [3.05, 3.63) is 22.7 Å². The number of methoxy groups -OCH3 is 1. The topological polar surface area (TPSA) is 120 Å². The molecular formula is C16H29N3O5Si. The average molecular weight is 372 g/mol. The first-order valence-electron chi connectivity index (χ1n) is 8.29. The maximum Gasteiger partial charge on any atom is 0.351 e. The van der Waals surface area contributed by atoms with Crippen LogP contribution < -0.4 is 11.4 Å². The second-order valence-electron chi connectivity index (χ2n) is 8.06. The molecule has 0 spiro atoms. The smallest absolute Gasteiger partial charge is 0.351 e. The molecule has 0 saturated carbocycles. The Morgan fingerprint density at radius 1 is 1.48 bits per heavy atom. The number of hydrogen-bond acceptors (Lipinski definition) is 7. The Labute approximate surface area is 148 Å². The molecule has 0 radical (unpaired) electrons. The van der Waals surface area contributed by atoms with Gasteiger partial charge in [0, 0.05) is 13.3 Å². The van der Waals surface area contributed by atoms with Crippen molar-refractivity contribution in [2.75, 3.05) is 19.5 Å². The fourth-order valence-electron chi connectivity index (χ4n) is 3.44. The molecule has 9 heteroatoms. The lowest BCUT2D eigenvalue weighted by molar-refractivity contribution is -0.108. The number of rotatable bonds is 4. The predicted octanol–water partition coefficient (Wildman–Crippen LogP) is 0.293. The van der Waals surface area contributed by atoms with E-state index in [1.165, 1.54) is 23.9 Å². The second kappa shape index (κ2) is 6.47. The van der Waals surface area contributed by atoms with Crippen LogP contribution in [-0.2, 0) is 14.8 Å². The summed E-state index contributed by atoms with van der Waals surface area (Å²) in [6.45, 7) is 10.00. The van der Waals surface area contributed by atoms with Gasteiger partial charge < -0.3 is 25.4 Å². The average Bonchev–Trinajstić information content (AvgIpc) is 2.79. The number of nitrogen functional groups attached to an aromatic ring is 1. The minimum absolute atomic E-state index is 0.109. The minimum atomic E-state index is -2.53. The monoisotopic (exact) mass is 371 g/mol. The van der Waals surface area contributed by atoms with Crippen LogP contribution in [0.2, 0.25) is 18.1 Å². The van der Waals surface area contributed by atoms with Gasteiger partial charge in [-0.15, -0.1) is 0 Å². The van der Waals surface area contributed by atoms with Crippen molar-refractivity contribution >= 4 is 13.9 Å². The Kier molecular flexibility index (Phi) is 5.19. The zero-order chi connectivity index (χ0) is 19.2. The van der Waals surface area contributed by atoms with Gasteiger partial charge in [0.15, 0.2) is 5.35 Å². The third-order valence-corrected chi connectivity index (χ3v) is 12.0. The first kappa shape index (κ1) is 20.1. The van der Waals surface area contributed by atoms with Gasteiger partial charge in [-0.25, -0.2) is 4.79 Å². The summed E-state index contributed by atoms with van der Waals surface area (Å²) in [6.07, 6.45) is -1.23. The van der Waals surface area contributed by atoms with Gasteiger partial charge in [-0.2, -0.15) is 4.98 Å². The van der Waals surface area contributed by atoms with Gasteiger partial charge in [-0.3, -0.25) is 4.57 Å². The highest BCUT2D eigenvalue weighted by Gasteiger charge is 2.67. The van der Waals surface area contributed by atoms with E-state index in [2.05, 4.69) is 38.8 Å². The van der Waals surface area contributed by atoms with E-state index in [1.54, 1.807) is 0 Å². The van der Waals surface area contributed by atoms with Gasteiger partial charge in [-0.05, 0) is 11.1 Å². The lowest BCUT2D eigenvalue weighted by atomic mass is 10.1. The minimum Gasteiger partial charge on any atom is -0.394 e. The molecule has 4 atom stereocenters. The van der Waals surface area contributed by atoms with Crippen LogP contribution >= 0.6 is 0 Å². The summed E-state index contributed by atoms with van der Waals surface area (Å²) < 4.78 is 13.2. The zero-order valence-electron chi connectivity index (χ0n) is 15.7. The molecular weight excluding hydrogens is 342 g/mol. The zero-order valence-corrected chi connectivity index (χ0v) is 16.7. The molecule has 1 aromatic heterocycles. The van der Waals surface area contributed by atoms with Crippen LogP contribution in [0.5, 0.6) is 0 Å². The van der Waals surface area contributed by atoms with Crippen molar-refractivity contribution in [2.45, 2.75) is 62.6 Å². The van der Waals surface area contributed by atoms with E-state index >= 15 is 0 Å². The van der Waals surface area contributed by atoms with Crippen LogP contribution in [0.1, 0.15) is 20.8 Å². The number of nitrogens with two attached hydrogens (primary N) is 1. The maximum absolute atomic E-state index is 12.7. The molecule has 8 nitrogen and oxygen atoms in total. The van der Waals surface area contributed by atoms with Crippen LogP contribution in [0.3, 0.4) is 0 Å². The van der Waals surface area contributed by atoms with Gasteiger partial charge in [0.05, 0.1) is 6.61 Å². The van der Waals surface area contributed by atoms with Crippen LogP contribution in [-0.4, -0.2) is 59.9 Å². The molecule has 4 N–H and O–H groups in total. The summed E-state index contributed by atoms with van der Waals surface area (Å²) in [5.74, 6) is 0.109. The number of anilines is 1. The van der Waals surface area contributed by atoms with E-state index in [4.69, 9.17) is 15.2 Å². The van der Waals surface area contributed by atoms with Crippen molar-refractivity contribution in [1.29, 1.82) is 0 Å². The molecule has 0 aliphatic carbocycles. The first-order valence-corrected chi connectivity index (χ1v) is 11.3. The standard InChI is InChI=1S/C16H29N3O5Si/c1-15(2,3)25(5,6)16(19-8-7-11(17)18-14(19)22)13(23-4)12(21)10(9-20)24-16/h7-8,10,12-13,20-21H,9H2,1-6H3,(H2,17,18,22)/t10-,12-,13-,16+/m1/s1. The first-order chi connectivity index (χ1) is 11.4. The third-order valence-electron chi connectivity index (χ3n) is 5.80. The molecule has 2 rings (SSSR count). The van der Waals surface area contributed by atoms with Crippen molar-refractivity contribution in [3.8, 4) is 0 Å². The lowest BCUT2D eigenvalue weighted by Gasteiger charge is -2.52. The van der Waals surface area contributed by atoms with Crippen molar-refractivity contribution in [3.63, 3.8) is 0 Å².